The van der Waals surface area contributed by atoms with Crippen molar-refractivity contribution in [3.63, 3.8) is 0 Å². The second kappa shape index (κ2) is 6.68. The Morgan fingerprint density at radius 3 is 2.69 bits per heavy atom. The standard InChI is InChI=1S/C24H29NSi/c1-25(2)14-12-18-9-10-21(15-18)24(26(3)4)13-11-23-20(17-24)16-19-7-5-6-8-22(19)23/h5-11,13,15-17,21,26H,12,14H2,1-4H3. The molecule has 2 unspecified atom stereocenters. The van der Waals surface area contributed by atoms with Crippen LogP contribution in [0.2, 0.25) is 18.1 Å². The molecular formula is C24H29NSi. The molecule has 26 heavy (non-hydrogen) atoms. The van der Waals surface area contributed by atoms with Crippen LogP contribution in [0.1, 0.15) is 6.42 Å². The number of hydrogen-bond donors (Lipinski definition) is 0. The first-order valence-electron chi connectivity index (χ1n) is 9.77. The van der Waals surface area contributed by atoms with Crippen molar-refractivity contribution in [2.45, 2.75) is 24.6 Å². The molecule has 0 heterocycles. The first kappa shape index (κ1) is 17.5. The summed E-state index contributed by atoms with van der Waals surface area (Å²) < 4.78 is 0. The fraction of sp³-hybridized carbons (Fsp3) is 0.333. The number of rotatable bonds is 5. The van der Waals surface area contributed by atoms with Crippen LogP contribution in [0.15, 0.2) is 71.9 Å². The third-order valence-corrected chi connectivity index (χ3v) is 8.90. The zero-order valence-electron chi connectivity index (χ0n) is 16.4. The molecule has 0 saturated carbocycles. The molecule has 0 spiro atoms. The van der Waals surface area contributed by atoms with Crippen molar-refractivity contribution in [1.82, 2.24) is 4.90 Å². The minimum absolute atomic E-state index is 0.202. The Kier molecular flexibility index (Phi) is 4.50. The van der Waals surface area contributed by atoms with Crippen LogP contribution in [0.3, 0.4) is 0 Å². The molecule has 0 saturated heterocycles. The summed E-state index contributed by atoms with van der Waals surface area (Å²) in [6.45, 7) is 6.11. The normalized spacial score (nSPS) is 26.1. The van der Waals surface area contributed by atoms with Crippen molar-refractivity contribution < 1.29 is 0 Å². The third kappa shape index (κ3) is 2.91. The maximum atomic E-state index is 2.60. The van der Waals surface area contributed by atoms with E-state index in [0.29, 0.717) is 5.92 Å². The molecule has 134 valence electrons. The van der Waals surface area contributed by atoms with Crippen LogP contribution in [0.4, 0.5) is 0 Å². The summed E-state index contributed by atoms with van der Waals surface area (Å²) in [7, 11) is 3.34. The molecular weight excluding hydrogens is 330 g/mol. The molecule has 0 fully saturated rings. The molecule has 0 aromatic heterocycles. The summed E-state index contributed by atoms with van der Waals surface area (Å²) in [4.78, 5) is 2.27. The van der Waals surface area contributed by atoms with Crippen molar-refractivity contribution in [1.29, 1.82) is 0 Å². The van der Waals surface area contributed by atoms with E-state index in [0.717, 1.165) is 13.0 Å². The van der Waals surface area contributed by atoms with E-state index >= 15 is 0 Å². The molecule has 1 nitrogen and oxygen atoms in total. The number of fused-ring (bicyclic) bond motifs is 2. The van der Waals surface area contributed by atoms with Crippen molar-refractivity contribution in [3.8, 4) is 0 Å². The van der Waals surface area contributed by atoms with Crippen molar-refractivity contribution in [2.24, 2.45) is 5.92 Å². The second-order valence-corrected chi connectivity index (χ2v) is 11.7. The maximum absolute atomic E-state index is 2.60. The lowest BCUT2D eigenvalue weighted by Crippen LogP contribution is -2.31. The van der Waals surface area contributed by atoms with Crippen molar-refractivity contribution in [3.05, 3.63) is 82.3 Å². The Labute approximate surface area is 159 Å². The maximum Gasteiger partial charge on any atom is 0.0479 e. The number of allylic oxidation sites excluding steroid dienone is 7. The summed E-state index contributed by atoms with van der Waals surface area (Å²) in [5.74, 6) is 0.508. The largest absolute Gasteiger partial charge is 0.309 e. The lowest BCUT2D eigenvalue weighted by molar-refractivity contribution is 0.414. The van der Waals surface area contributed by atoms with Crippen molar-refractivity contribution in [2.75, 3.05) is 20.6 Å². The molecule has 2 heteroatoms. The Balaban J connectivity index is 1.71. The summed E-state index contributed by atoms with van der Waals surface area (Å²) in [5.41, 5.74) is 4.33. The fourth-order valence-corrected chi connectivity index (χ4v) is 6.44. The van der Waals surface area contributed by atoms with Gasteiger partial charge in [0, 0.05) is 26.3 Å². The van der Waals surface area contributed by atoms with Gasteiger partial charge >= 0.3 is 0 Å². The number of hydrogen-bond acceptors (Lipinski definition) is 1. The molecule has 0 aliphatic heterocycles. The van der Waals surface area contributed by atoms with Gasteiger partial charge in [-0.25, -0.2) is 0 Å². The van der Waals surface area contributed by atoms with Gasteiger partial charge in [0.25, 0.3) is 0 Å². The van der Waals surface area contributed by atoms with E-state index in [1.165, 1.54) is 27.2 Å². The van der Waals surface area contributed by atoms with Crippen LogP contribution in [-0.2, 0) is 0 Å². The lowest BCUT2D eigenvalue weighted by Gasteiger charge is -2.38. The van der Waals surface area contributed by atoms with Crippen LogP contribution in [0.5, 0.6) is 0 Å². The van der Waals surface area contributed by atoms with Crippen LogP contribution in [0.25, 0.3) is 11.6 Å². The summed E-state index contributed by atoms with van der Waals surface area (Å²) in [6, 6.07) is 8.77. The molecule has 2 atom stereocenters. The van der Waals surface area contributed by atoms with E-state index in [2.05, 4.69) is 98.9 Å². The molecule has 0 bridgehead atoms. The number of benzene rings is 1. The highest BCUT2D eigenvalue weighted by Crippen LogP contribution is 2.50. The molecule has 4 rings (SSSR count). The zero-order valence-corrected chi connectivity index (χ0v) is 17.5. The minimum atomic E-state index is -0.960. The van der Waals surface area contributed by atoms with Gasteiger partial charge in [-0.15, -0.1) is 0 Å². The predicted octanol–water partition coefficient (Wildman–Crippen LogP) is 3.42. The fourth-order valence-electron chi connectivity index (χ4n) is 4.47. The Hall–Kier alpha value is -1.90. The molecule has 1 aromatic rings. The van der Waals surface area contributed by atoms with Crippen LogP contribution in [-0.4, -0.2) is 34.3 Å². The molecule has 0 N–H and O–H groups in total. The van der Waals surface area contributed by atoms with Crippen LogP contribution in [0, 0.1) is 5.92 Å². The highest BCUT2D eigenvalue weighted by atomic mass is 28.3. The third-order valence-electron chi connectivity index (χ3n) is 6.15. The SMILES string of the molecule is CN(C)CCC1=CC(C2([SiH](C)C)C=CC3=c4ccccc4=CC3=C2)C=C1. The lowest BCUT2D eigenvalue weighted by atomic mass is 9.84. The molecule has 3 aliphatic rings. The van der Waals surface area contributed by atoms with Gasteiger partial charge in [-0.1, -0.05) is 79.4 Å². The molecule has 3 aliphatic carbocycles. The van der Waals surface area contributed by atoms with E-state index in [9.17, 15) is 0 Å². The number of nitrogens with zero attached hydrogens (tertiary/aromatic N) is 1. The van der Waals surface area contributed by atoms with Gasteiger partial charge in [-0.3, -0.25) is 0 Å². The first-order valence-corrected chi connectivity index (χ1v) is 12.7. The second-order valence-electron chi connectivity index (χ2n) is 8.41. The van der Waals surface area contributed by atoms with Gasteiger partial charge in [-0.05, 0) is 48.2 Å². The summed E-state index contributed by atoms with van der Waals surface area (Å²) in [5, 5.41) is 2.95. The molecule has 0 radical (unpaired) electrons. The van der Waals surface area contributed by atoms with Gasteiger partial charge in [0.2, 0.25) is 0 Å². The van der Waals surface area contributed by atoms with E-state index in [4.69, 9.17) is 0 Å². The Morgan fingerprint density at radius 1 is 1.12 bits per heavy atom. The summed E-state index contributed by atoms with van der Waals surface area (Å²) >= 11 is 0. The van der Waals surface area contributed by atoms with Gasteiger partial charge in [-0.2, -0.15) is 0 Å². The Bertz CT molecular complexity index is 958. The van der Waals surface area contributed by atoms with Gasteiger partial charge in [0.05, 0.1) is 0 Å². The monoisotopic (exact) mass is 359 g/mol. The average Bonchev–Trinajstić information content (AvgIpc) is 3.23. The van der Waals surface area contributed by atoms with Gasteiger partial charge < -0.3 is 4.90 Å². The van der Waals surface area contributed by atoms with E-state index in [1.807, 2.05) is 0 Å². The van der Waals surface area contributed by atoms with E-state index in [-0.39, 0.29) is 5.04 Å². The highest BCUT2D eigenvalue weighted by molar-refractivity contribution is 6.61. The zero-order chi connectivity index (χ0) is 18.3. The Morgan fingerprint density at radius 2 is 1.92 bits per heavy atom. The van der Waals surface area contributed by atoms with Gasteiger partial charge in [0.1, 0.15) is 0 Å². The molecule has 1 aromatic carbocycles. The van der Waals surface area contributed by atoms with Crippen LogP contribution < -0.4 is 10.4 Å². The highest BCUT2D eigenvalue weighted by Gasteiger charge is 2.39. The van der Waals surface area contributed by atoms with Gasteiger partial charge in [0.15, 0.2) is 0 Å². The average molecular weight is 360 g/mol. The predicted molar refractivity (Wildman–Crippen MR) is 116 cm³/mol. The minimum Gasteiger partial charge on any atom is -0.309 e. The smallest absolute Gasteiger partial charge is 0.0479 e. The quantitative estimate of drug-likeness (QED) is 0.728. The topological polar surface area (TPSA) is 3.24 Å². The summed E-state index contributed by atoms with van der Waals surface area (Å²) in [6.07, 6.45) is 18.4. The molecule has 0 amide bonds. The van der Waals surface area contributed by atoms with E-state index < -0.39 is 8.80 Å². The van der Waals surface area contributed by atoms with Crippen LogP contribution >= 0.6 is 0 Å². The first-order chi connectivity index (χ1) is 12.5. The van der Waals surface area contributed by atoms with E-state index in [1.54, 1.807) is 0 Å². The van der Waals surface area contributed by atoms with Crippen molar-refractivity contribution >= 4 is 20.4 Å².